The summed E-state index contributed by atoms with van der Waals surface area (Å²) in [6.45, 7) is 4.52. The van der Waals surface area contributed by atoms with Crippen molar-refractivity contribution in [3.05, 3.63) is 0 Å². The summed E-state index contributed by atoms with van der Waals surface area (Å²) >= 11 is 0. The molecule has 2 rings (SSSR count). The standard InChI is InChI=1S/C12H22N6O/c1-2-9(19)5-6-14-11-15-10(13)16-12(17-11)18-7-3-4-8-18/h9,19H,2-8H2,1H3,(H3,13,14,15,16,17). The predicted molar refractivity (Wildman–Crippen MR) is 75.1 cm³/mol. The molecule has 1 saturated heterocycles. The van der Waals surface area contributed by atoms with E-state index in [0.717, 1.165) is 32.4 Å². The number of nitrogen functional groups attached to an aromatic ring is 1. The van der Waals surface area contributed by atoms with Gasteiger partial charge in [0, 0.05) is 19.6 Å². The highest BCUT2D eigenvalue weighted by Gasteiger charge is 2.16. The first-order chi connectivity index (χ1) is 9.19. The van der Waals surface area contributed by atoms with Gasteiger partial charge in [-0.1, -0.05) is 6.92 Å². The van der Waals surface area contributed by atoms with Gasteiger partial charge in [-0.05, 0) is 25.7 Å². The maximum absolute atomic E-state index is 9.49. The monoisotopic (exact) mass is 266 g/mol. The molecule has 7 nitrogen and oxygen atoms in total. The highest BCUT2D eigenvalue weighted by molar-refractivity contribution is 5.42. The minimum Gasteiger partial charge on any atom is -0.393 e. The SMILES string of the molecule is CCC(O)CCNc1nc(N)nc(N2CCCC2)n1. The predicted octanol–water partition coefficient (Wildman–Crippen LogP) is 0.627. The first-order valence-corrected chi connectivity index (χ1v) is 6.87. The molecule has 1 aromatic rings. The summed E-state index contributed by atoms with van der Waals surface area (Å²) in [5.74, 6) is 1.36. The van der Waals surface area contributed by atoms with E-state index in [-0.39, 0.29) is 12.1 Å². The number of anilines is 3. The highest BCUT2D eigenvalue weighted by Crippen LogP contribution is 2.17. The highest BCUT2D eigenvalue weighted by atomic mass is 16.3. The Morgan fingerprint density at radius 2 is 2.05 bits per heavy atom. The van der Waals surface area contributed by atoms with Gasteiger partial charge >= 0.3 is 0 Å². The second kappa shape index (κ2) is 6.51. The number of rotatable bonds is 6. The third-order valence-electron chi connectivity index (χ3n) is 3.26. The van der Waals surface area contributed by atoms with Crippen LogP contribution in [0.25, 0.3) is 0 Å². The summed E-state index contributed by atoms with van der Waals surface area (Å²) in [4.78, 5) is 14.7. The number of aliphatic hydroxyl groups excluding tert-OH is 1. The summed E-state index contributed by atoms with van der Waals surface area (Å²) in [6.07, 6.45) is 3.46. The molecule has 1 unspecified atom stereocenters. The third-order valence-corrected chi connectivity index (χ3v) is 3.26. The maximum atomic E-state index is 9.49. The molecule has 1 aliphatic heterocycles. The van der Waals surface area contributed by atoms with E-state index >= 15 is 0 Å². The minimum atomic E-state index is -0.287. The lowest BCUT2D eigenvalue weighted by molar-refractivity contribution is 0.164. The summed E-state index contributed by atoms with van der Waals surface area (Å²) < 4.78 is 0. The Labute approximate surface area is 113 Å². The number of hydrogen-bond donors (Lipinski definition) is 3. The van der Waals surface area contributed by atoms with Crippen LogP contribution in [-0.2, 0) is 0 Å². The molecule has 7 heteroatoms. The van der Waals surface area contributed by atoms with Crippen molar-refractivity contribution in [1.82, 2.24) is 15.0 Å². The van der Waals surface area contributed by atoms with Gasteiger partial charge < -0.3 is 21.1 Å². The van der Waals surface area contributed by atoms with E-state index in [1.165, 1.54) is 0 Å². The Bertz CT molecular complexity index is 407. The van der Waals surface area contributed by atoms with Crippen molar-refractivity contribution in [1.29, 1.82) is 0 Å². The smallest absolute Gasteiger partial charge is 0.231 e. The summed E-state index contributed by atoms with van der Waals surface area (Å²) in [5.41, 5.74) is 5.71. The van der Waals surface area contributed by atoms with Crippen LogP contribution in [0.1, 0.15) is 32.6 Å². The van der Waals surface area contributed by atoms with Crippen molar-refractivity contribution in [2.45, 2.75) is 38.7 Å². The van der Waals surface area contributed by atoms with Gasteiger partial charge in [0.05, 0.1) is 6.10 Å². The van der Waals surface area contributed by atoms with Gasteiger partial charge in [-0.15, -0.1) is 0 Å². The van der Waals surface area contributed by atoms with Crippen LogP contribution in [-0.4, -0.2) is 45.8 Å². The lowest BCUT2D eigenvalue weighted by Gasteiger charge is -2.16. The van der Waals surface area contributed by atoms with Crippen LogP contribution in [0.3, 0.4) is 0 Å². The van der Waals surface area contributed by atoms with Gasteiger partial charge in [0.15, 0.2) is 0 Å². The average Bonchev–Trinajstić information content (AvgIpc) is 2.91. The van der Waals surface area contributed by atoms with E-state index in [2.05, 4.69) is 25.2 Å². The van der Waals surface area contributed by atoms with Gasteiger partial charge in [-0.25, -0.2) is 0 Å². The molecular weight excluding hydrogens is 244 g/mol. The van der Waals surface area contributed by atoms with Crippen LogP contribution in [0.4, 0.5) is 17.8 Å². The summed E-state index contributed by atoms with van der Waals surface area (Å²) in [5, 5.41) is 12.6. The van der Waals surface area contributed by atoms with Crippen molar-refractivity contribution in [3.63, 3.8) is 0 Å². The van der Waals surface area contributed by atoms with Crippen molar-refractivity contribution in [2.24, 2.45) is 0 Å². The lowest BCUT2D eigenvalue weighted by Crippen LogP contribution is -2.22. The molecule has 2 heterocycles. The Hall–Kier alpha value is -1.63. The molecule has 106 valence electrons. The molecule has 1 aromatic heterocycles. The van der Waals surface area contributed by atoms with Crippen LogP contribution in [0, 0.1) is 0 Å². The number of nitrogens with one attached hydrogen (secondary N) is 1. The van der Waals surface area contributed by atoms with Crippen molar-refractivity contribution in [2.75, 3.05) is 35.6 Å². The topological polar surface area (TPSA) is 100 Å². The number of nitrogens with two attached hydrogens (primary N) is 1. The van der Waals surface area contributed by atoms with Crippen LogP contribution in [0.2, 0.25) is 0 Å². The zero-order valence-corrected chi connectivity index (χ0v) is 11.3. The van der Waals surface area contributed by atoms with Crippen LogP contribution in [0.5, 0.6) is 0 Å². The molecule has 4 N–H and O–H groups in total. The van der Waals surface area contributed by atoms with Gasteiger partial charge in [0.25, 0.3) is 0 Å². The number of aromatic nitrogens is 3. The van der Waals surface area contributed by atoms with E-state index < -0.39 is 0 Å². The van der Waals surface area contributed by atoms with Crippen molar-refractivity contribution >= 4 is 17.8 Å². The minimum absolute atomic E-state index is 0.232. The Balaban J connectivity index is 1.96. The van der Waals surface area contributed by atoms with E-state index in [1.807, 2.05) is 6.92 Å². The van der Waals surface area contributed by atoms with Gasteiger partial charge in [-0.3, -0.25) is 0 Å². The Morgan fingerprint density at radius 3 is 2.74 bits per heavy atom. The molecule has 0 saturated carbocycles. The molecule has 0 bridgehead atoms. The zero-order chi connectivity index (χ0) is 13.7. The van der Waals surface area contributed by atoms with E-state index in [4.69, 9.17) is 5.73 Å². The van der Waals surface area contributed by atoms with Gasteiger partial charge in [0.2, 0.25) is 17.8 Å². The quantitative estimate of drug-likeness (QED) is 0.694. The van der Waals surface area contributed by atoms with E-state index in [0.29, 0.717) is 24.9 Å². The van der Waals surface area contributed by atoms with Crippen LogP contribution >= 0.6 is 0 Å². The molecule has 1 aliphatic rings. The van der Waals surface area contributed by atoms with Gasteiger partial charge in [0.1, 0.15) is 0 Å². The Morgan fingerprint density at radius 1 is 1.32 bits per heavy atom. The molecule has 19 heavy (non-hydrogen) atoms. The molecular formula is C12H22N6O. The van der Waals surface area contributed by atoms with Crippen molar-refractivity contribution in [3.8, 4) is 0 Å². The number of hydrogen-bond acceptors (Lipinski definition) is 7. The molecule has 0 radical (unpaired) electrons. The second-order valence-corrected chi connectivity index (χ2v) is 4.79. The molecule has 1 atom stereocenters. The van der Waals surface area contributed by atoms with Crippen LogP contribution < -0.4 is 16.0 Å². The first kappa shape index (κ1) is 13.8. The average molecular weight is 266 g/mol. The van der Waals surface area contributed by atoms with E-state index in [1.54, 1.807) is 0 Å². The molecule has 1 fully saturated rings. The summed E-state index contributed by atoms with van der Waals surface area (Å²) in [6, 6.07) is 0. The second-order valence-electron chi connectivity index (χ2n) is 4.79. The zero-order valence-electron chi connectivity index (χ0n) is 11.3. The largest absolute Gasteiger partial charge is 0.393 e. The van der Waals surface area contributed by atoms with E-state index in [9.17, 15) is 5.11 Å². The normalized spacial score (nSPS) is 16.6. The molecule has 0 aliphatic carbocycles. The number of nitrogens with zero attached hydrogens (tertiary/aromatic N) is 4. The molecule has 0 spiro atoms. The fraction of sp³-hybridized carbons (Fsp3) is 0.750. The Kier molecular flexibility index (Phi) is 4.73. The lowest BCUT2D eigenvalue weighted by atomic mass is 10.2. The maximum Gasteiger partial charge on any atom is 0.231 e. The van der Waals surface area contributed by atoms with Crippen LogP contribution in [0.15, 0.2) is 0 Å². The summed E-state index contributed by atoms with van der Waals surface area (Å²) in [7, 11) is 0. The fourth-order valence-corrected chi connectivity index (χ4v) is 2.07. The fourth-order valence-electron chi connectivity index (χ4n) is 2.07. The first-order valence-electron chi connectivity index (χ1n) is 6.87. The molecule has 0 aromatic carbocycles. The van der Waals surface area contributed by atoms with Crippen molar-refractivity contribution < 1.29 is 5.11 Å². The third kappa shape index (κ3) is 3.92. The molecule has 0 amide bonds. The van der Waals surface area contributed by atoms with Gasteiger partial charge in [-0.2, -0.15) is 15.0 Å². The number of aliphatic hydroxyl groups is 1.